The van der Waals surface area contributed by atoms with E-state index in [0.717, 1.165) is 36.6 Å². The Morgan fingerprint density at radius 3 is 1.90 bits per heavy atom. The highest BCUT2D eigenvalue weighted by molar-refractivity contribution is 5.51. The van der Waals surface area contributed by atoms with Crippen LogP contribution in [0.5, 0.6) is 5.75 Å². The molecule has 0 aliphatic carbocycles. The van der Waals surface area contributed by atoms with Crippen LogP contribution in [0.2, 0.25) is 0 Å². The van der Waals surface area contributed by atoms with Crippen molar-refractivity contribution in [3.8, 4) is 5.75 Å². The van der Waals surface area contributed by atoms with Crippen LogP contribution in [0.1, 0.15) is 95.1 Å². The van der Waals surface area contributed by atoms with Gasteiger partial charge >= 0.3 is 0 Å². The van der Waals surface area contributed by atoms with E-state index in [1.807, 2.05) is 24.3 Å². The van der Waals surface area contributed by atoms with Gasteiger partial charge in [-0.05, 0) is 30.2 Å². The van der Waals surface area contributed by atoms with Gasteiger partial charge in [0.2, 0.25) is 0 Å². The van der Waals surface area contributed by atoms with Crippen LogP contribution in [-0.2, 0) is 13.2 Å². The molecule has 2 aromatic rings. The van der Waals surface area contributed by atoms with E-state index in [2.05, 4.69) is 36.5 Å². The first kappa shape index (κ1) is 25.3. The van der Waals surface area contributed by atoms with E-state index in [1.54, 1.807) is 0 Å². The van der Waals surface area contributed by atoms with Crippen LogP contribution in [-0.4, -0.2) is 11.7 Å². The average Bonchev–Trinajstić information content (AvgIpc) is 2.81. The SMILES string of the molecule is CCCCCCCCCCCCCCOc1ccc(CNc2ccccc2CO)cc1. The van der Waals surface area contributed by atoms with Crippen LogP contribution in [0.4, 0.5) is 5.69 Å². The topological polar surface area (TPSA) is 41.5 Å². The lowest BCUT2D eigenvalue weighted by Crippen LogP contribution is -2.02. The molecule has 0 amide bonds. The highest BCUT2D eigenvalue weighted by Gasteiger charge is 2.01. The fourth-order valence-electron chi connectivity index (χ4n) is 3.86. The van der Waals surface area contributed by atoms with Gasteiger partial charge in [-0.25, -0.2) is 0 Å². The Labute approximate surface area is 190 Å². The fraction of sp³-hybridized carbons (Fsp3) is 0.571. The Hall–Kier alpha value is -2.00. The van der Waals surface area contributed by atoms with Crippen molar-refractivity contribution in [1.82, 2.24) is 0 Å². The highest BCUT2D eigenvalue weighted by Crippen LogP contribution is 2.18. The van der Waals surface area contributed by atoms with Gasteiger partial charge in [-0.1, -0.05) is 108 Å². The van der Waals surface area contributed by atoms with Crippen molar-refractivity contribution >= 4 is 5.69 Å². The molecular formula is C28H43NO2. The molecule has 0 bridgehead atoms. The minimum atomic E-state index is 0.0507. The number of para-hydroxylation sites is 1. The molecule has 172 valence electrons. The summed E-state index contributed by atoms with van der Waals surface area (Å²) in [6, 6.07) is 16.2. The molecule has 0 aliphatic rings. The van der Waals surface area contributed by atoms with Gasteiger partial charge in [0.25, 0.3) is 0 Å². The van der Waals surface area contributed by atoms with Gasteiger partial charge in [0.05, 0.1) is 13.2 Å². The summed E-state index contributed by atoms with van der Waals surface area (Å²) in [5.41, 5.74) is 3.10. The largest absolute Gasteiger partial charge is 0.494 e. The number of benzene rings is 2. The van der Waals surface area contributed by atoms with E-state index in [4.69, 9.17) is 4.74 Å². The van der Waals surface area contributed by atoms with E-state index in [1.165, 1.54) is 76.2 Å². The molecule has 0 atom stereocenters. The van der Waals surface area contributed by atoms with E-state index < -0.39 is 0 Å². The van der Waals surface area contributed by atoms with Crippen molar-refractivity contribution in [3.63, 3.8) is 0 Å². The lowest BCUT2D eigenvalue weighted by atomic mass is 10.1. The van der Waals surface area contributed by atoms with E-state index in [-0.39, 0.29) is 6.61 Å². The smallest absolute Gasteiger partial charge is 0.119 e. The fourth-order valence-corrected chi connectivity index (χ4v) is 3.86. The second-order valence-corrected chi connectivity index (χ2v) is 8.55. The van der Waals surface area contributed by atoms with Gasteiger partial charge in [0.15, 0.2) is 0 Å². The number of anilines is 1. The van der Waals surface area contributed by atoms with Gasteiger partial charge in [-0.3, -0.25) is 0 Å². The Bertz CT molecular complexity index is 684. The maximum Gasteiger partial charge on any atom is 0.119 e. The summed E-state index contributed by atoms with van der Waals surface area (Å²) in [4.78, 5) is 0. The van der Waals surface area contributed by atoms with Crippen molar-refractivity contribution in [2.75, 3.05) is 11.9 Å². The summed E-state index contributed by atoms with van der Waals surface area (Å²) in [5.74, 6) is 0.947. The lowest BCUT2D eigenvalue weighted by molar-refractivity contribution is 0.282. The van der Waals surface area contributed by atoms with Gasteiger partial charge in [-0.2, -0.15) is 0 Å². The number of unbranched alkanes of at least 4 members (excludes halogenated alkanes) is 11. The van der Waals surface area contributed by atoms with Crippen LogP contribution in [0, 0.1) is 0 Å². The summed E-state index contributed by atoms with van der Waals surface area (Å²) >= 11 is 0. The maximum atomic E-state index is 9.41. The summed E-state index contributed by atoms with van der Waals surface area (Å²) in [6.07, 6.45) is 16.4. The zero-order chi connectivity index (χ0) is 22.0. The first-order valence-corrected chi connectivity index (χ1v) is 12.5. The van der Waals surface area contributed by atoms with Crippen LogP contribution in [0.3, 0.4) is 0 Å². The third kappa shape index (κ3) is 11.3. The minimum Gasteiger partial charge on any atom is -0.494 e. The molecular weight excluding hydrogens is 382 g/mol. The maximum absolute atomic E-state index is 9.41. The normalized spacial score (nSPS) is 10.9. The van der Waals surface area contributed by atoms with Crippen molar-refractivity contribution in [1.29, 1.82) is 0 Å². The average molecular weight is 426 g/mol. The molecule has 0 heterocycles. The van der Waals surface area contributed by atoms with E-state index in [0.29, 0.717) is 0 Å². The minimum absolute atomic E-state index is 0.0507. The molecule has 0 saturated heterocycles. The first-order valence-electron chi connectivity index (χ1n) is 12.5. The Balaban J connectivity index is 1.48. The number of nitrogens with one attached hydrogen (secondary N) is 1. The predicted molar refractivity (Wildman–Crippen MR) is 133 cm³/mol. The number of ether oxygens (including phenoxy) is 1. The van der Waals surface area contributed by atoms with E-state index >= 15 is 0 Å². The molecule has 0 fully saturated rings. The van der Waals surface area contributed by atoms with Crippen molar-refractivity contribution in [3.05, 3.63) is 59.7 Å². The van der Waals surface area contributed by atoms with Gasteiger partial charge in [0.1, 0.15) is 5.75 Å². The van der Waals surface area contributed by atoms with Gasteiger partial charge < -0.3 is 15.2 Å². The molecule has 2 aromatic carbocycles. The zero-order valence-electron chi connectivity index (χ0n) is 19.6. The number of aliphatic hydroxyl groups excluding tert-OH is 1. The number of hydrogen-bond donors (Lipinski definition) is 2. The van der Waals surface area contributed by atoms with Crippen LogP contribution in [0.25, 0.3) is 0 Å². The lowest BCUT2D eigenvalue weighted by Gasteiger charge is -2.11. The third-order valence-electron chi connectivity index (χ3n) is 5.86. The van der Waals surface area contributed by atoms with E-state index in [9.17, 15) is 5.11 Å². The van der Waals surface area contributed by atoms with Crippen molar-refractivity contribution in [2.24, 2.45) is 0 Å². The molecule has 0 saturated carbocycles. The summed E-state index contributed by atoms with van der Waals surface area (Å²) in [5, 5.41) is 12.8. The third-order valence-corrected chi connectivity index (χ3v) is 5.86. The number of rotatable bonds is 18. The standard InChI is InChI=1S/C28H43NO2/c1-2-3-4-5-6-7-8-9-10-11-12-15-22-31-27-20-18-25(19-21-27)23-29-28-17-14-13-16-26(28)24-30/h13-14,16-21,29-30H,2-12,15,22-24H2,1H3. The van der Waals surface area contributed by atoms with Crippen LogP contribution >= 0.6 is 0 Å². The number of hydrogen-bond acceptors (Lipinski definition) is 3. The molecule has 2 N–H and O–H groups in total. The van der Waals surface area contributed by atoms with Gasteiger partial charge in [0, 0.05) is 17.8 Å². The highest BCUT2D eigenvalue weighted by atomic mass is 16.5. The number of aliphatic hydroxyl groups is 1. The van der Waals surface area contributed by atoms with Crippen LogP contribution < -0.4 is 10.1 Å². The molecule has 31 heavy (non-hydrogen) atoms. The molecule has 0 aliphatic heterocycles. The Kier molecular flexibility index (Phi) is 13.6. The second kappa shape index (κ2) is 16.7. The van der Waals surface area contributed by atoms with Crippen LogP contribution in [0.15, 0.2) is 48.5 Å². The molecule has 2 rings (SSSR count). The molecule has 0 spiro atoms. The molecule has 0 radical (unpaired) electrons. The predicted octanol–water partition coefficient (Wildman–Crippen LogP) is 7.87. The zero-order valence-corrected chi connectivity index (χ0v) is 19.6. The van der Waals surface area contributed by atoms with Crippen molar-refractivity contribution < 1.29 is 9.84 Å². The summed E-state index contributed by atoms with van der Waals surface area (Å²) in [7, 11) is 0. The van der Waals surface area contributed by atoms with Gasteiger partial charge in [-0.15, -0.1) is 0 Å². The summed E-state index contributed by atoms with van der Waals surface area (Å²) < 4.78 is 5.90. The molecule has 0 unspecified atom stereocenters. The quantitative estimate of drug-likeness (QED) is 0.239. The Morgan fingerprint density at radius 2 is 1.29 bits per heavy atom. The molecule has 3 heteroatoms. The molecule has 3 nitrogen and oxygen atoms in total. The second-order valence-electron chi connectivity index (χ2n) is 8.55. The monoisotopic (exact) mass is 425 g/mol. The Morgan fingerprint density at radius 1 is 0.710 bits per heavy atom. The first-order chi connectivity index (χ1) is 15.3. The molecule has 0 aromatic heterocycles. The van der Waals surface area contributed by atoms with Crippen molar-refractivity contribution in [2.45, 2.75) is 97.1 Å². The summed E-state index contributed by atoms with van der Waals surface area (Å²) in [6.45, 7) is 3.87.